The molecule has 0 unspecified atom stereocenters. The molecule has 0 radical (unpaired) electrons. The Morgan fingerprint density at radius 3 is 2.78 bits per heavy atom. The van der Waals surface area contributed by atoms with Crippen molar-refractivity contribution >= 4 is 21.9 Å². The highest BCUT2D eigenvalue weighted by atomic mass is 79.9. The van der Waals surface area contributed by atoms with Crippen molar-refractivity contribution < 1.29 is 18.3 Å². The summed E-state index contributed by atoms with van der Waals surface area (Å²) in [6, 6.07) is 0. The van der Waals surface area contributed by atoms with E-state index in [0.717, 1.165) is 6.20 Å². The molecule has 0 saturated carbocycles. The topological polar surface area (TPSA) is 65.2 Å². The third kappa shape index (κ3) is 3.46. The van der Waals surface area contributed by atoms with Gasteiger partial charge in [0.1, 0.15) is 0 Å². The van der Waals surface area contributed by atoms with Crippen molar-refractivity contribution in [2.24, 2.45) is 5.73 Å². The van der Waals surface area contributed by atoms with Crippen LogP contribution in [-0.2, 0) is 22.5 Å². The Hall–Kier alpha value is -1.08. The molecule has 0 saturated heterocycles. The lowest BCUT2D eigenvalue weighted by Gasteiger charge is -2.12. The molecule has 0 bridgehead atoms. The van der Waals surface area contributed by atoms with Gasteiger partial charge >= 0.3 is 5.97 Å². The Bertz CT molecular complexity index is 441. The fraction of sp³-hybridized carbons (Fsp3) is 0.455. The molecule has 0 fully saturated rings. The number of alkyl halides is 2. The summed E-state index contributed by atoms with van der Waals surface area (Å²) in [5.74, 6) is -0.462. The molecule has 0 aliphatic rings. The van der Waals surface area contributed by atoms with Gasteiger partial charge in [-0.25, -0.2) is 8.78 Å². The largest absolute Gasteiger partial charge is 0.466 e. The van der Waals surface area contributed by atoms with Crippen molar-refractivity contribution in [3.05, 3.63) is 27.5 Å². The third-order valence-electron chi connectivity index (χ3n) is 2.28. The van der Waals surface area contributed by atoms with Gasteiger partial charge in [-0.2, -0.15) is 0 Å². The number of carbonyl (C=O) groups excluding carboxylic acids is 1. The monoisotopic (exact) mass is 322 g/mol. The molecule has 4 nitrogen and oxygen atoms in total. The Morgan fingerprint density at radius 2 is 2.28 bits per heavy atom. The molecule has 0 spiro atoms. The maximum Gasteiger partial charge on any atom is 0.311 e. The molecule has 2 N–H and O–H groups in total. The van der Waals surface area contributed by atoms with Gasteiger partial charge in [-0.05, 0) is 22.9 Å². The smallest absolute Gasteiger partial charge is 0.311 e. The average molecular weight is 323 g/mol. The second kappa shape index (κ2) is 6.75. The van der Waals surface area contributed by atoms with E-state index in [9.17, 15) is 13.6 Å². The number of pyridine rings is 1. The van der Waals surface area contributed by atoms with Crippen LogP contribution in [0.1, 0.15) is 30.2 Å². The van der Waals surface area contributed by atoms with Gasteiger partial charge < -0.3 is 10.5 Å². The van der Waals surface area contributed by atoms with Gasteiger partial charge in [0, 0.05) is 22.8 Å². The lowest BCUT2D eigenvalue weighted by atomic mass is 10.1. The van der Waals surface area contributed by atoms with E-state index in [1.807, 2.05) is 0 Å². The molecule has 1 aromatic rings. The number of nitrogens with two attached hydrogens (primary N) is 1. The van der Waals surface area contributed by atoms with Gasteiger partial charge in [0.2, 0.25) is 0 Å². The van der Waals surface area contributed by atoms with Crippen LogP contribution in [0.15, 0.2) is 10.7 Å². The zero-order valence-electron chi connectivity index (χ0n) is 9.75. The molecule has 0 aromatic carbocycles. The fourth-order valence-corrected chi connectivity index (χ4v) is 2.11. The Kier molecular flexibility index (Phi) is 5.61. The SMILES string of the molecule is CCOC(=O)Cc1ncc(C(F)F)c(Br)c1CN. The Morgan fingerprint density at radius 1 is 1.61 bits per heavy atom. The van der Waals surface area contributed by atoms with Crippen molar-refractivity contribution in [2.75, 3.05) is 6.61 Å². The summed E-state index contributed by atoms with van der Waals surface area (Å²) < 4.78 is 30.3. The van der Waals surface area contributed by atoms with Crippen molar-refractivity contribution in [2.45, 2.75) is 26.3 Å². The first kappa shape index (κ1) is 15.0. The zero-order valence-corrected chi connectivity index (χ0v) is 11.3. The van der Waals surface area contributed by atoms with Crippen LogP contribution in [0.25, 0.3) is 0 Å². The summed E-state index contributed by atoms with van der Waals surface area (Å²) in [6.07, 6.45) is -1.68. The maximum atomic E-state index is 12.7. The molecule has 1 aromatic heterocycles. The van der Waals surface area contributed by atoms with Crippen LogP contribution in [0.4, 0.5) is 8.78 Å². The summed E-state index contributed by atoms with van der Waals surface area (Å²) >= 11 is 3.07. The van der Waals surface area contributed by atoms with Crippen LogP contribution in [-0.4, -0.2) is 17.6 Å². The molecule has 0 aliphatic carbocycles. The molecule has 1 heterocycles. The molecule has 18 heavy (non-hydrogen) atoms. The lowest BCUT2D eigenvalue weighted by molar-refractivity contribution is -0.142. The highest BCUT2D eigenvalue weighted by Crippen LogP contribution is 2.30. The first-order valence-corrected chi connectivity index (χ1v) is 6.10. The molecule has 0 atom stereocenters. The van der Waals surface area contributed by atoms with Gasteiger partial charge in [0.25, 0.3) is 6.43 Å². The molecule has 7 heteroatoms. The maximum absolute atomic E-state index is 12.7. The number of esters is 1. The standard InChI is InChI=1S/C11H13BrF2N2O2/c1-2-18-9(17)3-8-6(4-15)10(12)7(5-16-8)11(13)14/h5,11H,2-4,15H2,1H3. The van der Waals surface area contributed by atoms with Crippen LogP contribution in [0.5, 0.6) is 0 Å². The number of carbonyl (C=O) groups is 1. The van der Waals surface area contributed by atoms with Crippen LogP contribution < -0.4 is 5.73 Å². The van der Waals surface area contributed by atoms with E-state index >= 15 is 0 Å². The lowest BCUT2D eigenvalue weighted by Crippen LogP contribution is -2.14. The van der Waals surface area contributed by atoms with E-state index in [4.69, 9.17) is 10.5 Å². The molecule has 1 rings (SSSR count). The predicted molar refractivity (Wildman–Crippen MR) is 65.1 cm³/mol. The fourth-order valence-electron chi connectivity index (χ4n) is 1.44. The van der Waals surface area contributed by atoms with Crippen LogP contribution in [0.3, 0.4) is 0 Å². The van der Waals surface area contributed by atoms with E-state index in [0.29, 0.717) is 11.3 Å². The Labute approximate surface area is 112 Å². The number of halogens is 3. The van der Waals surface area contributed by atoms with Crippen molar-refractivity contribution in [1.82, 2.24) is 4.98 Å². The predicted octanol–water partition coefficient (Wildman–Crippen LogP) is 2.35. The van der Waals surface area contributed by atoms with Gasteiger partial charge in [-0.1, -0.05) is 0 Å². The van der Waals surface area contributed by atoms with E-state index in [1.165, 1.54) is 0 Å². The number of rotatable bonds is 5. The van der Waals surface area contributed by atoms with E-state index in [-0.39, 0.29) is 29.6 Å². The zero-order chi connectivity index (χ0) is 13.7. The minimum absolute atomic E-state index is 0.0167. The highest BCUT2D eigenvalue weighted by molar-refractivity contribution is 9.10. The number of hydrogen-bond donors (Lipinski definition) is 1. The number of nitrogens with zero attached hydrogens (tertiary/aromatic N) is 1. The van der Waals surface area contributed by atoms with Crippen molar-refractivity contribution in [1.29, 1.82) is 0 Å². The first-order valence-electron chi connectivity index (χ1n) is 5.31. The van der Waals surface area contributed by atoms with Gasteiger partial charge in [-0.15, -0.1) is 0 Å². The Balaban J connectivity index is 3.07. The van der Waals surface area contributed by atoms with Crippen LogP contribution in [0, 0.1) is 0 Å². The van der Waals surface area contributed by atoms with Crippen molar-refractivity contribution in [3.8, 4) is 0 Å². The average Bonchev–Trinajstić information content (AvgIpc) is 2.29. The van der Waals surface area contributed by atoms with Gasteiger partial charge in [0.15, 0.2) is 0 Å². The van der Waals surface area contributed by atoms with Gasteiger partial charge in [-0.3, -0.25) is 9.78 Å². The minimum Gasteiger partial charge on any atom is -0.466 e. The summed E-state index contributed by atoms with van der Waals surface area (Å²) in [5.41, 5.74) is 6.03. The molecule has 0 aliphatic heterocycles. The van der Waals surface area contributed by atoms with Gasteiger partial charge in [0.05, 0.1) is 24.3 Å². The highest BCUT2D eigenvalue weighted by Gasteiger charge is 2.19. The van der Waals surface area contributed by atoms with Crippen LogP contribution >= 0.6 is 15.9 Å². The van der Waals surface area contributed by atoms with Crippen LogP contribution in [0.2, 0.25) is 0 Å². The summed E-state index contributed by atoms with van der Waals surface area (Å²) in [4.78, 5) is 15.2. The summed E-state index contributed by atoms with van der Waals surface area (Å²) in [7, 11) is 0. The molecule has 0 amide bonds. The minimum atomic E-state index is -2.64. The quantitative estimate of drug-likeness (QED) is 0.845. The molecular formula is C11H13BrF2N2O2. The number of hydrogen-bond acceptors (Lipinski definition) is 4. The summed E-state index contributed by atoms with van der Waals surface area (Å²) in [6.45, 7) is 1.96. The van der Waals surface area contributed by atoms with E-state index in [1.54, 1.807) is 6.92 Å². The summed E-state index contributed by atoms with van der Waals surface area (Å²) in [5, 5.41) is 0. The van der Waals surface area contributed by atoms with E-state index < -0.39 is 12.4 Å². The van der Waals surface area contributed by atoms with Crippen molar-refractivity contribution in [3.63, 3.8) is 0 Å². The normalized spacial score (nSPS) is 10.8. The second-order valence-electron chi connectivity index (χ2n) is 3.44. The molecular weight excluding hydrogens is 310 g/mol. The first-order chi connectivity index (χ1) is 8.51. The van der Waals surface area contributed by atoms with E-state index in [2.05, 4.69) is 20.9 Å². The second-order valence-corrected chi connectivity index (χ2v) is 4.23. The number of ether oxygens (including phenoxy) is 1. The molecule has 100 valence electrons. The number of aromatic nitrogens is 1. The third-order valence-corrected chi connectivity index (χ3v) is 3.22.